The van der Waals surface area contributed by atoms with Crippen LogP contribution in [-0.2, 0) is 4.79 Å². The number of benzene rings is 1. The topological polar surface area (TPSA) is 78.4 Å². The number of hydrogen-bond acceptors (Lipinski definition) is 3. The Kier molecular flexibility index (Phi) is 5.21. The van der Waals surface area contributed by atoms with E-state index in [-0.39, 0.29) is 23.6 Å². The lowest BCUT2D eigenvalue weighted by atomic mass is 10.1. The Labute approximate surface area is 117 Å². The molecule has 0 aliphatic rings. The normalized spacial score (nSPS) is 11.2. The first-order valence-electron chi connectivity index (χ1n) is 6.27. The number of rotatable bonds is 5. The van der Waals surface area contributed by atoms with Gasteiger partial charge >= 0.3 is 5.97 Å². The molecule has 0 radical (unpaired) electrons. The van der Waals surface area contributed by atoms with Crippen molar-refractivity contribution in [1.82, 2.24) is 5.32 Å². The van der Waals surface area contributed by atoms with Gasteiger partial charge in [0.1, 0.15) is 11.4 Å². The molecule has 3 N–H and O–H groups in total. The van der Waals surface area contributed by atoms with E-state index in [2.05, 4.69) is 10.6 Å². The Morgan fingerprint density at radius 3 is 2.50 bits per heavy atom. The summed E-state index contributed by atoms with van der Waals surface area (Å²) in [4.78, 5) is 22.7. The molecule has 0 spiro atoms. The summed E-state index contributed by atoms with van der Waals surface area (Å²) in [5.41, 5.74) is -0.659. The number of carboxylic acid groups (broad SMARTS) is 1. The fraction of sp³-hybridized carbons (Fsp3) is 0.429. The van der Waals surface area contributed by atoms with Gasteiger partial charge in [0, 0.05) is 18.5 Å². The summed E-state index contributed by atoms with van der Waals surface area (Å²) < 4.78 is 13.4. The number of aromatic carboxylic acids is 1. The van der Waals surface area contributed by atoms with Crippen LogP contribution in [0.3, 0.4) is 0 Å². The molecule has 0 aliphatic carbocycles. The molecule has 6 heteroatoms. The smallest absolute Gasteiger partial charge is 0.340 e. The number of nitrogens with one attached hydrogen (secondary N) is 2. The predicted molar refractivity (Wildman–Crippen MR) is 74.4 cm³/mol. The Morgan fingerprint density at radius 2 is 1.95 bits per heavy atom. The average Bonchev–Trinajstić information content (AvgIpc) is 2.26. The minimum Gasteiger partial charge on any atom is -0.478 e. The van der Waals surface area contributed by atoms with Crippen molar-refractivity contribution in [3.05, 3.63) is 29.6 Å². The lowest BCUT2D eigenvalue weighted by Crippen LogP contribution is -2.37. The molecule has 0 bridgehead atoms. The molecule has 0 fully saturated rings. The van der Waals surface area contributed by atoms with Crippen molar-refractivity contribution < 1.29 is 19.1 Å². The number of carboxylic acids is 1. The van der Waals surface area contributed by atoms with Gasteiger partial charge in [-0.3, -0.25) is 4.79 Å². The lowest BCUT2D eigenvalue weighted by Gasteiger charge is -2.20. The summed E-state index contributed by atoms with van der Waals surface area (Å²) in [7, 11) is 0. The van der Waals surface area contributed by atoms with Gasteiger partial charge in [0.15, 0.2) is 0 Å². The van der Waals surface area contributed by atoms with Crippen molar-refractivity contribution in [3.8, 4) is 0 Å². The zero-order valence-electron chi connectivity index (χ0n) is 11.8. The molecule has 1 amide bonds. The summed E-state index contributed by atoms with van der Waals surface area (Å²) >= 11 is 0. The standard InChI is InChI=1S/C14H19FN2O3/c1-14(2,3)16-8-7-11(18)17-10-6-4-5-9(15)12(10)13(19)20/h4-6,16H,7-8H2,1-3H3,(H,17,18)(H,19,20). The number of anilines is 1. The Balaban J connectivity index is 2.67. The molecule has 0 saturated heterocycles. The maximum absolute atomic E-state index is 13.4. The first-order chi connectivity index (χ1) is 9.20. The first-order valence-corrected chi connectivity index (χ1v) is 6.27. The molecule has 1 aromatic rings. The number of carbonyl (C=O) groups is 2. The van der Waals surface area contributed by atoms with Crippen LogP contribution in [0.25, 0.3) is 0 Å². The molecular weight excluding hydrogens is 263 g/mol. The van der Waals surface area contributed by atoms with E-state index in [1.807, 2.05) is 20.8 Å². The van der Waals surface area contributed by atoms with E-state index >= 15 is 0 Å². The van der Waals surface area contributed by atoms with Crippen molar-refractivity contribution in [2.45, 2.75) is 32.7 Å². The van der Waals surface area contributed by atoms with Gasteiger partial charge in [-0.15, -0.1) is 0 Å². The second-order valence-electron chi connectivity index (χ2n) is 5.44. The van der Waals surface area contributed by atoms with Gasteiger partial charge in [0.05, 0.1) is 5.69 Å². The van der Waals surface area contributed by atoms with Gasteiger partial charge in [0.25, 0.3) is 0 Å². The van der Waals surface area contributed by atoms with E-state index in [0.717, 1.165) is 6.07 Å². The fourth-order valence-corrected chi connectivity index (χ4v) is 1.61. The van der Waals surface area contributed by atoms with Crippen LogP contribution in [-0.4, -0.2) is 29.1 Å². The zero-order valence-corrected chi connectivity index (χ0v) is 11.8. The largest absolute Gasteiger partial charge is 0.478 e. The highest BCUT2D eigenvalue weighted by Crippen LogP contribution is 2.19. The first kappa shape index (κ1) is 16.1. The maximum Gasteiger partial charge on any atom is 0.340 e. The monoisotopic (exact) mass is 282 g/mol. The van der Waals surface area contributed by atoms with E-state index in [9.17, 15) is 14.0 Å². The van der Waals surface area contributed by atoms with Crippen molar-refractivity contribution >= 4 is 17.6 Å². The van der Waals surface area contributed by atoms with Crippen molar-refractivity contribution in [3.63, 3.8) is 0 Å². The third kappa shape index (κ3) is 4.97. The van der Waals surface area contributed by atoms with Crippen LogP contribution in [0.15, 0.2) is 18.2 Å². The van der Waals surface area contributed by atoms with E-state index in [1.54, 1.807) is 0 Å². The van der Waals surface area contributed by atoms with Gasteiger partial charge < -0.3 is 15.7 Å². The lowest BCUT2D eigenvalue weighted by molar-refractivity contribution is -0.116. The highest BCUT2D eigenvalue weighted by atomic mass is 19.1. The maximum atomic E-state index is 13.4. The molecule has 0 heterocycles. The van der Waals surface area contributed by atoms with Gasteiger partial charge in [-0.1, -0.05) is 6.07 Å². The highest BCUT2D eigenvalue weighted by Gasteiger charge is 2.17. The molecule has 1 aromatic carbocycles. The van der Waals surface area contributed by atoms with Crippen molar-refractivity contribution in [2.24, 2.45) is 0 Å². The number of carbonyl (C=O) groups excluding carboxylic acids is 1. The number of amides is 1. The second-order valence-corrected chi connectivity index (χ2v) is 5.44. The van der Waals surface area contributed by atoms with Crippen LogP contribution in [0.5, 0.6) is 0 Å². The van der Waals surface area contributed by atoms with E-state index < -0.39 is 17.3 Å². The van der Waals surface area contributed by atoms with Crippen LogP contribution >= 0.6 is 0 Å². The summed E-state index contributed by atoms with van der Waals surface area (Å²) in [6, 6.07) is 3.76. The summed E-state index contributed by atoms with van der Waals surface area (Å²) in [6.45, 7) is 6.37. The molecule has 110 valence electrons. The summed E-state index contributed by atoms with van der Waals surface area (Å²) in [5, 5.41) is 14.5. The molecule has 0 unspecified atom stereocenters. The minimum atomic E-state index is -1.41. The minimum absolute atomic E-state index is 0.0294. The molecule has 20 heavy (non-hydrogen) atoms. The quantitative estimate of drug-likeness (QED) is 0.774. The Bertz CT molecular complexity index is 510. The molecule has 0 aromatic heterocycles. The fourth-order valence-electron chi connectivity index (χ4n) is 1.61. The SMILES string of the molecule is CC(C)(C)NCCC(=O)Nc1cccc(F)c1C(=O)O. The van der Waals surface area contributed by atoms with Gasteiger partial charge in [-0.25, -0.2) is 9.18 Å². The predicted octanol–water partition coefficient (Wildman–Crippen LogP) is 2.24. The molecule has 1 rings (SSSR count). The molecular formula is C14H19FN2O3. The summed E-state index contributed by atoms with van der Waals surface area (Å²) in [5.74, 6) is -2.65. The van der Waals surface area contributed by atoms with Crippen LogP contribution in [0.2, 0.25) is 0 Å². The van der Waals surface area contributed by atoms with Crippen molar-refractivity contribution in [1.29, 1.82) is 0 Å². The Morgan fingerprint density at radius 1 is 1.30 bits per heavy atom. The van der Waals surface area contributed by atoms with E-state index in [1.165, 1.54) is 12.1 Å². The van der Waals surface area contributed by atoms with E-state index in [0.29, 0.717) is 6.54 Å². The second kappa shape index (κ2) is 6.47. The van der Waals surface area contributed by atoms with Crippen LogP contribution < -0.4 is 10.6 Å². The van der Waals surface area contributed by atoms with Crippen LogP contribution in [0.1, 0.15) is 37.6 Å². The Hall–Kier alpha value is -1.95. The van der Waals surface area contributed by atoms with Gasteiger partial charge in [0.2, 0.25) is 5.91 Å². The highest BCUT2D eigenvalue weighted by molar-refractivity contribution is 6.00. The molecule has 0 saturated carbocycles. The average molecular weight is 282 g/mol. The number of halogens is 1. The van der Waals surface area contributed by atoms with Crippen LogP contribution in [0, 0.1) is 5.82 Å². The van der Waals surface area contributed by atoms with Crippen molar-refractivity contribution in [2.75, 3.05) is 11.9 Å². The molecule has 0 aliphatic heterocycles. The number of hydrogen-bond donors (Lipinski definition) is 3. The zero-order chi connectivity index (χ0) is 15.3. The third-order valence-corrected chi connectivity index (χ3v) is 2.51. The van der Waals surface area contributed by atoms with Gasteiger partial charge in [-0.05, 0) is 32.9 Å². The molecule has 5 nitrogen and oxygen atoms in total. The van der Waals surface area contributed by atoms with Gasteiger partial charge in [-0.2, -0.15) is 0 Å². The summed E-state index contributed by atoms with van der Waals surface area (Å²) in [6.07, 6.45) is 0.173. The van der Waals surface area contributed by atoms with E-state index in [4.69, 9.17) is 5.11 Å². The molecule has 0 atom stereocenters. The third-order valence-electron chi connectivity index (χ3n) is 2.51. The van der Waals surface area contributed by atoms with Crippen LogP contribution in [0.4, 0.5) is 10.1 Å².